The number of carbonyl (C=O) groups excluding carboxylic acids is 1. The topological polar surface area (TPSA) is 57.3 Å². The molecule has 0 radical (unpaired) electrons. The quantitative estimate of drug-likeness (QED) is 0.521. The van der Waals surface area contributed by atoms with E-state index in [2.05, 4.69) is 11.6 Å². The largest absolute Gasteiger partial charge is 0.468 e. The van der Waals surface area contributed by atoms with Crippen LogP contribution in [-0.4, -0.2) is 21.9 Å². The average molecular weight is 348 g/mol. The molecule has 1 aromatic carbocycles. The van der Waals surface area contributed by atoms with E-state index in [1.54, 1.807) is 29.3 Å². The van der Waals surface area contributed by atoms with Gasteiger partial charge in [-0.2, -0.15) is 0 Å². The van der Waals surface area contributed by atoms with Crippen molar-refractivity contribution in [2.45, 2.75) is 11.5 Å². The average Bonchev–Trinajstić information content (AvgIpc) is 3.41. The molecule has 0 spiro atoms. The molecule has 0 amide bonds. The lowest BCUT2D eigenvalue weighted by Gasteiger charge is -2.29. The van der Waals surface area contributed by atoms with Gasteiger partial charge in [-0.05, 0) is 17.7 Å². The standard InChI is InChI=1S/C21H20N2O3/c1-3-21(16-10-7-13-25-16)14-26-19(15-8-5-4-6-9-15)17(21)18(24)20-22-11-12-23(20)2/h3-13,17,19H,1,14H2,2H3/t17-,19-,21+/m1/s1. The minimum absolute atomic E-state index is 0.0832. The molecule has 3 atom stereocenters. The number of ketones is 1. The number of furan rings is 1. The Kier molecular flexibility index (Phi) is 4.09. The molecule has 4 rings (SSSR count). The second kappa shape index (κ2) is 6.42. The van der Waals surface area contributed by atoms with E-state index in [4.69, 9.17) is 9.15 Å². The zero-order valence-corrected chi connectivity index (χ0v) is 14.5. The van der Waals surface area contributed by atoms with E-state index >= 15 is 0 Å². The van der Waals surface area contributed by atoms with Gasteiger partial charge in [0.2, 0.25) is 5.78 Å². The number of ether oxygens (including phenoxy) is 1. The van der Waals surface area contributed by atoms with E-state index in [1.165, 1.54) is 0 Å². The summed E-state index contributed by atoms with van der Waals surface area (Å²) >= 11 is 0. The van der Waals surface area contributed by atoms with Crippen LogP contribution in [0.4, 0.5) is 0 Å². The van der Waals surface area contributed by atoms with Gasteiger partial charge in [0.25, 0.3) is 0 Å². The number of nitrogens with zero attached hydrogens (tertiary/aromatic N) is 2. The normalized spacial score (nSPS) is 25.3. The number of carbonyl (C=O) groups is 1. The Morgan fingerprint density at radius 2 is 2.12 bits per heavy atom. The second-order valence-corrected chi connectivity index (χ2v) is 6.57. The molecule has 1 saturated heterocycles. The molecule has 3 aromatic rings. The van der Waals surface area contributed by atoms with E-state index in [1.807, 2.05) is 49.5 Å². The molecular weight excluding hydrogens is 328 g/mol. The lowest BCUT2D eigenvalue weighted by atomic mass is 9.70. The van der Waals surface area contributed by atoms with Gasteiger partial charge >= 0.3 is 0 Å². The molecule has 0 N–H and O–H groups in total. The van der Waals surface area contributed by atoms with Gasteiger partial charge in [0.1, 0.15) is 5.76 Å². The van der Waals surface area contributed by atoms with E-state index in [0.717, 1.165) is 5.56 Å². The fourth-order valence-corrected chi connectivity index (χ4v) is 3.78. The number of benzene rings is 1. The Morgan fingerprint density at radius 1 is 1.31 bits per heavy atom. The number of aromatic nitrogens is 2. The van der Waals surface area contributed by atoms with Gasteiger partial charge in [0.15, 0.2) is 5.82 Å². The summed E-state index contributed by atoms with van der Waals surface area (Å²) in [7, 11) is 1.82. The van der Waals surface area contributed by atoms with Crippen molar-refractivity contribution in [2.24, 2.45) is 13.0 Å². The first-order valence-electron chi connectivity index (χ1n) is 8.53. The van der Waals surface area contributed by atoms with Gasteiger partial charge in [-0.15, -0.1) is 6.58 Å². The molecule has 2 aromatic heterocycles. The zero-order chi connectivity index (χ0) is 18.1. The number of aryl methyl sites for hydroxylation is 1. The highest BCUT2D eigenvalue weighted by molar-refractivity contribution is 5.97. The Morgan fingerprint density at radius 3 is 2.73 bits per heavy atom. The summed E-state index contributed by atoms with van der Waals surface area (Å²) in [6, 6.07) is 13.5. The SMILES string of the molecule is C=C[C@@]1(c2ccco2)CO[C@H](c2ccccc2)[C@H]1C(=O)c1nccn1C. The van der Waals surface area contributed by atoms with Gasteiger partial charge in [0, 0.05) is 19.4 Å². The highest BCUT2D eigenvalue weighted by Crippen LogP contribution is 2.50. The molecule has 0 bridgehead atoms. The van der Waals surface area contributed by atoms with Crippen LogP contribution in [0.25, 0.3) is 0 Å². The molecule has 5 nitrogen and oxygen atoms in total. The highest BCUT2D eigenvalue weighted by atomic mass is 16.5. The molecule has 1 aliphatic heterocycles. The van der Waals surface area contributed by atoms with E-state index in [9.17, 15) is 4.79 Å². The van der Waals surface area contributed by atoms with Crippen LogP contribution in [0.5, 0.6) is 0 Å². The molecule has 1 aliphatic rings. The maximum atomic E-state index is 13.5. The van der Waals surface area contributed by atoms with E-state index < -0.39 is 17.4 Å². The molecule has 5 heteroatoms. The van der Waals surface area contributed by atoms with Crippen molar-refractivity contribution >= 4 is 5.78 Å². The van der Waals surface area contributed by atoms with Crippen LogP contribution in [0.3, 0.4) is 0 Å². The fourth-order valence-electron chi connectivity index (χ4n) is 3.78. The fraction of sp³-hybridized carbons (Fsp3) is 0.238. The van der Waals surface area contributed by atoms with E-state index in [0.29, 0.717) is 18.2 Å². The number of hydrogen-bond donors (Lipinski definition) is 0. The van der Waals surface area contributed by atoms with Crippen LogP contribution >= 0.6 is 0 Å². The predicted octanol–water partition coefficient (Wildman–Crippen LogP) is 3.71. The first kappa shape index (κ1) is 16.5. The third-order valence-electron chi connectivity index (χ3n) is 5.16. The molecule has 0 unspecified atom stereocenters. The Balaban J connectivity index is 1.86. The van der Waals surface area contributed by atoms with Crippen LogP contribution < -0.4 is 0 Å². The lowest BCUT2D eigenvalue weighted by Crippen LogP contribution is -2.38. The number of hydrogen-bond acceptors (Lipinski definition) is 4. The number of rotatable bonds is 5. The van der Waals surface area contributed by atoms with Gasteiger partial charge in [-0.3, -0.25) is 4.79 Å². The summed E-state index contributed by atoms with van der Waals surface area (Å²) in [5.41, 5.74) is 0.211. The first-order chi connectivity index (χ1) is 12.7. The van der Waals surface area contributed by atoms with Gasteiger partial charge < -0.3 is 13.7 Å². The van der Waals surface area contributed by atoms with Crippen molar-refractivity contribution in [1.29, 1.82) is 0 Å². The summed E-state index contributed by atoms with van der Waals surface area (Å²) in [6.07, 6.45) is 6.38. The van der Waals surface area contributed by atoms with E-state index in [-0.39, 0.29) is 5.78 Å². The second-order valence-electron chi connectivity index (χ2n) is 6.57. The van der Waals surface area contributed by atoms with Gasteiger partial charge in [-0.1, -0.05) is 36.4 Å². The van der Waals surface area contributed by atoms with Crippen LogP contribution in [-0.2, 0) is 17.2 Å². The third-order valence-corrected chi connectivity index (χ3v) is 5.16. The van der Waals surface area contributed by atoms with Crippen LogP contribution in [0, 0.1) is 5.92 Å². The molecule has 0 saturated carbocycles. The molecular formula is C21H20N2O3. The van der Waals surface area contributed by atoms with Crippen LogP contribution in [0.1, 0.15) is 28.0 Å². The maximum absolute atomic E-state index is 13.5. The molecule has 26 heavy (non-hydrogen) atoms. The van der Waals surface area contributed by atoms with Gasteiger partial charge in [0.05, 0.1) is 30.3 Å². The van der Waals surface area contributed by atoms with Crippen LogP contribution in [0.2, 0.25) is 0 Å². The maximum Gasteiger partial charge on any atom is 0.205 e. The summed E-state index contributed by atoms with van der Waals surface area (Å²) in [4.78, 5) is 17.8. The summed E-state index contributed by atoms with van der Waals surface area (Å²) < 4.78 is 13.6. The summed E-state index contributed by atoms with van der Waals surface area (Å²) in [5.74, 6) is 0.479. The molecule has 1 fully saturated rings. The Bertz CT molecular complexity index is 914. The van der Waals surface area contributed by atoms with Crippen molar-refractivity contribution in [3.63, 3.8) is 0 Å². The van der Waals surface area contributed by atoms with Gasteiger partial charge in [-0.25, -0.2) is 4.98 Å². The minimum Gasteiger partial charge on any atom is -0.468 e. The van der Waals surface area contributed by atoms with Crippen molar-refractivity contribution in [1.82, 2.24) is 9.55 Å². The van der Waals surface area contributed by atoms with Crippen molar-refractivity contribution < 1.29 is 13.9 Å². The summed E-state index contributed by atoms with van der Waals surface area (Å²) in [6.45, 7) is 4.34. The first-order valence-corrected chi connectivity index (χ1v) is 8.53. The van der Waals surface area contributed by atoms with Crippen LogP contribution in [0.15, 0.2) is 78.2 Å². The van der Waals surface area contributed by atoms with Crippen molar-refractivity contribution in [3.8, 4) is 0 Å². The highest BCUT2D eigenvalue weighted by Gasteiger charge is 2.55. The predicted molar refractivity (Wildman–Crippen MR) is 96.7 cm³/mol. The number of imidazole rings is 1. The zero-order valence-electron chi connectivity index (χ0n) is 14.5. The lowest BCUT2D eigenvalue weighted by molar-refractivity contribution is 0.0688. The smallest absolute Gasteiger partial charge is 0.205 e. The third kappa shape index (κ3) is 2.44. The summed E-state index contributed by atoms with van der Waals surface area (Å²) in [5, 5.41) is 0. The molecule has 132 valence electrons. The molecule has 0 aliphatic carbocycles. The Labute approximate surface area is 151 Å². The molecule has 3 heterocycles. The number of Topliss-reactive ketones (excluding diaryl/α,β-unsaturated/α-hetero) is 1. The van der Waals surface area contributed by atoms with Crippen molar-refractivity contribution in [2.75, 3.05) is 6.61 Å². The monoisotopic (exact) mass is 348 g/mol. The van der Waals surface area contributed by atoms with Crippen molar-refractivity contribution in [3.05, 3.63) is 90.9 Å². The Hall–Kier alpha value is -2.92. The minimum atomic E-state index is -0.743.